The number of nitrogens with zero attached hydrogens (tertiary/aromatic N) is 1. The topological polar surface area (TPSA) is 15.3 Å². The Bertz CT molecular complexity index is 369. The maximum atomic E-state index is 3.74. The zero-order valence-corrected chi connectivity index (χ0v) is 11.9. The molecule has 1 aliphatic carbocycles. The first-order valence-electron chi connectivity index (χ1n) is 7.23. The van der Waals surface area contributed by atoms with Crippen LogP contribution in [-0.2, 0) is 0 Å². The van der Waals surface area contributed by atoms with Crippen molar-refractivity contribution in [2.75, 3.05) is 25.5 Å². The van der Waals surface area contributed by atoms with E-state index in [0.29, 0.717) is 6.04 Å². The number of benzene rings is 1. The Morgan fingerprint density at radius 2 is 2.11 bits per heavy atom. The summed E-state index contributed by atoms with van der Waals surface area (Å²) in [6, 6.07) is 9.54. The SMILES string of the molecule is CCCNC(c1cccc(N(C)C)c1)C1CCC1. The molecule has 0 bridgehead atoms. The van der Waals surface area contributed by atoms with Crippen molar-refractivity contribution in [2.45, 2.75) is 38.6 Å². The van der Waals surface area contributed by atoms with Crippen LogP contribution in [0.3, 0.4) is 0 Å². The van der Waals surface area contributed by atoms with Crippen LogP contribution in [0, 0.1) is 5.92 Å². The van der Waals surface area contributed by atoms with Crippen LogP contribution in [0.2, 0.25) is 0 Å². The highest BCUT2D eigenvalue weighted by atomic mass is 15.1. The highest BCUT2D eigenvalue weighted by molar-refractivity contribution is 5.48. The molecule has 1 aliphatic rings. The minimum atomic E-state index is 0.554. The van der Waals surface area contributed by atoms with Crippen LogP contribution < -0.4 is 10.2 Å². The van der Waals surface area contributed by atoms with Gasteiger partial charge in [-0.1, -0.05) is 25.5 Å². The summed E-state index contributed by atoms with van der Waals surface area (Å²) in [5.74, 6) is 0.842. The highest BCUT2D eigenvalue weighted by Gasteiger charge is 2.28. The lowest BCUT2D eigenvalue weighted by molar-refractivity contribution is 0.231. The van der Waals surface area contributed by atoms with Crippen molar-refractivity contribution in [1.29, 1.82) is 0 Å². The minimum absolute atomic E-state index is 0.554. The van der Waals surface area contributed by atoms with Gasteiger partial charge < -0.3 is 10.2 Å². The summed E-state index contributed by atoms with van der Waals surface area (Å²) >= 11 is 0. The van der Waals surface area contributed by atoms with E-state index in [2.05, 4.69) is 55.5 Å². The van der Waals surface area contributed by atoms with Gasteiger partial charge in [-0.15, -0.1) is 0 Å². The summed E-state index contributed by atoms with van der Waals surface area (Å²) in [6.07, 6.45) is 5.38. The monoisotopic (exact) mass is 246 g/mol. The predicted molar refractivity (Wildman–Crippen MR) is 79.1 cm³/mol. The van der Waals surface area contributed by atoms with Gasteiger partial charge in [0.25, 0.3) is 0 Å². The van der Waals surface area contributed by atoms with Crippen molar-refractivity contribution in [2.24, 2.45) is 5.92 Å². The molecule has 0 amide bonds. The molecule has 1 atom stereocenters. The van der Waals surface area contributed by atoms with Gasteiger partial charge in [0, 0.05) is 25.8 Å². The van der Waals surface area contributed by atoms with E-state index in [4.69, 9.17) is 0 Å². The Balaban J connectivity index is 2.15. The molecule has 2 nitrogen and oxygen atoms in total. The molecule has 100 valence electrons. The first-order valence-corrected chi connectivity index (χ1v) is 7.23. The Kier molecular flexibility index (Phi) is 4.65. The van der Waals surface area contributed by atoms with E-state index >= 15 is 0 Å². The fourth-order valence-corrected chi connectivity index (χ4v) is 2.63. The molecular formula is C16H26N2. The number of anilines is 1. The van der Waals surface area contributed by atoms with E-state index in [0.717, 1.165) is 12.5 Å². The standard InChI is InChI=1S/C16H26N2/c1-4-11-17-16(13-7-5-8-13)14-9-6-10-15(12-14)18(2)3/h6,9-10,12-13,16-17H,4-5,7-8,11H2,1-3H3. The number of hydrogen-bond acceptors (Lipinski definition) is 2. The van der Waals surface area contributed by atoms with Crippen LogP contribution in [0.25, 0.3) is 0 Å². The molecule has 0 saturated heterocycles. The van der Waals surface area contributed by atoms with Gasteiger partial charge in [-0.05, 0) is 49.4 Å². The van der Waals surface area contributed by atoms with Gasteiger partial charge in [0.15, 0.2) is 0 Å². The molecule has 1 aromatic rings. The largest absolute Gasteiger partial charge is 0.378 e. The lowest BCUT2D eigenvalue weighted by Gasteiger charge is -2.35. The molecule has 1 aromatic carbocycles. The second-order valence-electron chi connectivity index (χ2n) is 5.61. The smallest absolute Gasteiger partial charge is 0.0364 e. The van der Waals surface area contributed by atoms with Crippen molar-refractivity contribution < 1.29 is 0 Å². The molecule has 1 fully saturated rings. The van der Waals surface area contributed by atoms with E-state index in [1.165, 1.54) is 36.9 Å². The van der Waals surface area contributed by atoms with Crippen LogP contribution in [0.1, 0.15) is 44.2 Å². The normalized spacial score (nSPS) is 17.3. The Labute approximate surface area is 111 Å². The van der Waals surface area contributed by atoms with Gasteiger partial charge >= 0.3 is 0 Å². The van der Waals surface area contributed by atoms with Gasteiger partial charge in [0.2, 0.25) is 0 Å². The fraction of sp³-hybridized carbons (Fsp3) is 0.625. The zero-order valence-electron chi connectivity index (χ0n) is 11.9. The molecule has 2 heteroatoms. The van der Waals surface area contributed by atoms with Crippen LogP contribution in [-0.4, -0.2) is 20.6 Å². The number of hydrogen-bond donors (Lipinski definition) is 1. The van der Waals surface area contributed by atoms with Crippen LogP contribution >= 0.6 is 0 Å². The molecule has 0 radical (unpaired) electrons. The Hall–Kier alpha value is -1.02. The van der Waals surface area contributed by atoms with Gasteiger partial charge in [-0.25, -0.2) is 0 Å². The molecule has 2 rings (SSSR count). The van der Waals surface area contributed by atoms with Gasteiger partial charge in [0.05, 0.1) is 0 Å². The van der Waals surface area contributed by atoms with E-state index in [1.807, 2.05) is 0 Å². The van der Waals surface area contributed by atoms with Gasteiger partial charge in [0.1, 0.15) is 0 Å². The first-order chi connectivity index (χ1) is 8.72. The Morgan fingerprint density at radius 1 is 1.33 bits per heavy atom. The molecule has 1 saturated carbocycles. The van der Waals surface area contributed by atoms with Crippen molar-refractivity contribution in [3.8, 4) is 0 Å². The summed E-state index contributed by atoms with van der Waals surface area (Å²) in [5, 5.41) is 3.74. The summed E-state index contributed by atoms with van der Waals surface area (Å²) in [7, 11) is 4.22. The van der Waals surface area contributed by atoms with Crippen LogP contribution in [0.5, 0.6) is 0 Å². The highest BCUT2D eigenvalue weighted by Crippen LogP contribution is 2.38. The van der Waals surface area contributed by atoms with Crippen molar-refractivity contribution in [3.63, 3.8) is 0 Å². The zero-order chi connectivity index (χ0) is 13.0. The maximum Gasteiger partial charge on any atom is 0.0364 e. The number of nitrogens with one attached hydrogen (secondary N) is 1. The number of rotatable bonds is 6. The summed E-state index contributed by atoms with van der Waals surface area (Å²) in [4.78, 5) is 2.18. The molecule has 1 unspecified atom stereocenters. The van der Waals surface area contributed by atoms with Gasteiger partial charge in [-0.2, -0.15) is 0 Å². The lowest BCUT2D eigenvalue weighted by atomic mass is 9.77. The summed E-state index contributed by atoms with van der Waals surface area (Å²) in [5.41, 5.74) is 2.76. The average Bonchev–Trinajstić information content (AvgIpc) is 2.32. The maximum absolute atomic E-state index is 3.74. The molecule has 0 spiro atoms. The Morgan fingerprint density at radius 3 is 2.67 bits per heavy atom. The lowest BCUT2D eigenvalue weighted by Crippen LogP contribution is -2.32. The van der Waals surface area contributed by atoms with Crippen LogP contribution in [0.15, 0.2) is 24.3 Å². The second kappa shape index (κ2) is 6.24. The third-order valence-electron chi connectivity index (χ3n) is 3.98. The van der Waals surface area contributed by atoms with Crippen molar-refractivity contribution in [1.82, 2.24) is 5.32 Å². The third-order valence-corrected chi connectivity index (χ3v) is 3.98. The van der Waals surface area contributed by atoms with E-state index in [-0.39, 0.29) is 0 Å². The van der Waals surface area contributed by atoms with Gasteiger partial charge in [-0.3, -0.25) is 0 Å². The first kappa shape index (κ1) is 13.4. The molecule has 0 aromatic heterocycles. The summed E-state index contributed by atoms with van der Waals surface area (Å²) < 4.78 is 0. The van der Waals surface area contributed by atoms with E-state index in [1.54, 1.807) is 0 Å². The fourth-order valence-electron chi connectivity index (χ4n) is 2.63. The minimum Gasteiger partial charge on any atom is -0.378 e. The molecule has 18 heavy (non-hydrogen) atoms. The molecule has 0 heterocycles. The average molecular weight is 246 g/mol. The van der Waals surface area contributed by atoms with Crippen LogP contribution in [0.4, 0.5) is 5.69 Å². The molecule has 0 aliphatic heterocycles. The van der Waals surface area contributed by atoms with Crippen molar-refractivity contribution >= 4 is 5.69 Å². The quantitative estimate of drug-likeness (QED) is 0.825. The third kappa shape index (κ3) is 3.05. The molecular weight excluding hydrogens is 220 g/mol. The predicted octanol–water partition coefficient (Wildman–Crippen LogP) is 3.59. The molecule has 1 N–H and O–H groups in total. The summed E-state index contributed by atoms with van der Waals surface area (Å²) in [6.45, 7) is 3.36. The van der Waals surface area contributed by atoms with E-state index in [9.17, 15) is 0 Å². The second-order valence-corrected chi connectivity index (χ2v) is 5.61. The van der Waals surface area contributed by atoms with Crippen molar-refractivity contribution in [3.05, 3.63) is 29.8 Å². The van der Waals surface area contributed by atoms with E-state index < -0.39 is 0 Å².